The van der Waals surface area contributed by atoms with Crippen LogP contribution in [0.1, 0.15) is 79.4 Å². The van der Waals surface area contributed by atoms with Gasteiger partial charge in [0.25, 0.3) is 0 Å². The third kappa shape index (κ3) is 13.4. The van der Waals surface area contributed by atoms with Gasteiger partial charge in [0.2, 0.25) is 5.91 Å². The Labute approximate surface area is 300 Å². The van der Waals surface area contributed by atoms with Crippen molar-refractivity contribution in [1.29, 1.82) is 0 Å². The Morgan fingerprint density at radius 3 is 1.86 bits per heavy atom. The Hall–Kier alpha value is -3.90. The number of carbonyl (C=O) groups is 4. The van der Waals surface area contributed by atoms with Gasteiger partial charge in [0.05, 0.1) is 13.2 Å². The number of urea groups is 1. The summed E-state index contributed by atoms with van der Waals surface area (Å²) >= 11 is 0. The van der Waals surface area contributed by atoms with Crippen molar-refractivity contribution >= 4 is 32.3 Å². The van der Waals surface area contributed by atoms with E-state index in [1.807, 2.05) is 74.5 Å². The average molecular weight is 713 g/mol. The van der Waals surface area contributed by atoms with E-state index in [9.17, 15) is 14.4 Å². The van der Waals surface area contributed by atoms with Crippen LogP contribution in [0, 0.1) is 5.92 Å². The highest BCUT2D eigenvalue weighted by atomic mass is 28.4. The predicted octanol–water partition coefficient (Wildman–Crippen LogP) is 6.56. The van der Waals surface area contributed by atoms with E-state index >= 15 is 4.79 Å². The molecule has 0 aliphatic heterocycles. The number of aryl methyl sites for hydroxylation is 1. The van der Waals surface area contributed by atoms with Crippen LogP contribution in [-0.2, 0) is 36.3 Å². The molecule has 12 heteroatoms. The maximum absolute atomic E-state index is 15.0. The van der Waals surface area contributed by atoms with E-state index in [2.05, 4.69) is 44.5 Å². The van der Waals surface area contributed by atoms with Crippen LogP contribution in [0.15, 0.2) is 60.7 Å². The lowest BCUT2D eigenvalue weighted by Gasteiger charge is -2.46. The fraction of sp³-hybridized carbons (Fsp3) is 0.579. The average Bonchev–Trinajstić information content (AvgIpc) is 3.00. The molecular formula is C38H60N4O7Si. The number of nitrogens with zero attached hydrogens (tertiary/aromatic N) is 1. The number of ether oxygens (including phenoxy) is 2. The van der Waals surface area contributed by atoms with Gasteiger partial charge < -0.3 is 29.9 Å². The van der Waals surface area contributed by atoms with Crippen molar-refractivity contribution in [2.45, 2.75) is 129 Å². The van der Waals surface area contributed by atoms with Crippen LogP contribution < -0.4 is 16.4 Å². The van der Waals surface area contributed by atoms with Gasteiger partial charge in [0, 0.05) is 6.42 Å². The second-order valence-electron chi connectivity index (χ2n) is 15.7. The number of esters is 1. The molecule has 0 radical (unpaired) electrons. The zero-order valence-electron chi connectivity index (χ0n) is 31.9. The van der Waals surface area contributed by atoms with Crippen LogP contribution in [0.3, 0.4) is 0 Å². The molecule has 0 fully saturated rings. The third-order valence-electron chi connectivity index (χ3n) is 8.79. The molecule has 278 valence electrons. The summed E-state index contributed by atoms with van der Waals surface area (Å²) in [5.41, 5.74) is 6.52. The van der Waals surface area contributed by atoms with E-state index in [4.69, 9.17) is 19.6 Å². The summed E-state index contributed by atoms with van der Waals surface area (Å²) < 4.78 is 18.2. The number of methoxy groups -OCH3 is 1. The molecule has 2 aromatic carbocycles. The minimum atomic E-state index is -2.61. The molecule has 4 atom stereocenters. The number of carbonyl (C=O) groups excluding carboxylic acids is 4. The van der Waals surface area contributed by atoms with Crippen molar-refractivity contribution in [2.24, 2.45) is 11.7 Å². The van der Waals surface area contributed by atoms with Gasteiger partial charge in [-0.15, -0.1) is 0 Å². The maximum atomic E-state index is 15.0. The van der Waals surface area contributed by atoms with E-state index in [-0.39, 0.29) is 23.8 Å². The largest absolute Gasteiger partial charge is 0.467 e. The molecule has 0 aliphatic carbocycles. The first-order chi connectivity index (χ1) is 23.1. The van der Waals surface area contributed by atoms with Gasteiger partial charge in [0.15, 0.2) is 8.32 Å². The molecule has 0 aliphatic rings. The number of nitrogens with two attached hydrogens (primary N) is 1. The summed E-state index contributed by atoms with van der Waals surface area (Å²) in [6.07, 6.45) is -1.65. The molecule has 0 spiro atoms. The van der Waals surface area contributed by atoms with Crippen LogP contribution in [0.5, 0.6) is 0 Å². The Kier molecular flexibility index (Phi) is 15.5. The first-order valence-electron chi connectivity index (χ1n) is 17.4. The molecule has 0 bridgehead atoms. The lowest BCUT2D eigenvalue weighted by atomic mass is 9.97. The van der Waals surface area contributed by atoms with Gasteiger partial charge >= 0.3 is 18.1 Å². The van der Waals surface area contributed by atoms with Gasteiger partial charge in [0.1, 0.15) is 23.9 Å². The number of hydrogen-bond acceptors (Lipinski definition) is 7. The van der Waals surface area contributed by atoms with Gasteiger partial charge in [-0.1, -0.05) is 95.3 Å². The summed E-state index contributed by atoms with van der Waals surface area (Å²) in [5, 5.41) is 5.32. The maximum Gasteiger partial charge on any atom is 0.409 e. The van der Waals surface area contributed by atoms with Crippen LogP contribution in [-0.4, -0.2) is 74.3 Å². The van der Waals surface area contributed by atoms with E-state index in [0.717, 1.165) is 11.1 Å². The van der Waals surface area contributed by atoms with Crippen molar-refractivity contribution < 1.29 is 33.1 Å². The molecular weight excluding hydrogens is 653 g/mol. The molecule has 0 saturated carbocycles. The number of hydrogen-bond donors (Lipinski definition) is 3. The fourth-order valence-electron chi connectivity index (χ4n) is 5.36. The Bertz CT molecular complexity index is 1390. The van der Waals surface area contributed by atoms with Crippen molar-refractivity contribution in [1.82, 2.24) is 15.5 Å². The van der Waals surface area contributed by atoms with Gasteiger partial charge in [-0.2, -0.15) is 0 Å². The number of nitrogens with one attached hydrogen (secondary N) is 2. The molecule has 11 nitrogen and oxygen atoms in total. The number of rotatable bonds is 16. The van der Waals surface area contributed by atoms with Crippen LogP contribution >= 0.6 is 0 Å². The highest BCUT2D eigenvalue weighted by Crippen LogP contribution is 2.39. The standard InChI is InChI=1S/C38H60N4O7Si/c1-26(2)24-29(40-35(39)45)33(43)42(30(34(44)47-9)25-28-20-16-13-17-21-28)32(41-36(46)48-37(3,4)5)31(49-50(10,11)38(6,7)8)23-22-27-18-14-12-15-19-27/h12-21,26,29-32H,22-25H2,1-11H3,(H,41,46)(H3,39,40,45)/t29-,30-,31-,32?/m0/s1. The first-order valence-corrected chi connectivity index (χ1v) is 20.3. The summed E-state index contributed by atoms with van der Waals surface area (Å²) in [6.45, 7) is 19.6. The highest BCUT2D eigenvalue weighted by Gasteiger charge is 2.47. The molecule has 4 amide bonds. The van der Waals surface area contributed by atoms with Crippen molar-refractivity contribution in [3.63, 3.8) is 0 Å². The van der Waals surface area contributed by atoms with E-state index in [0.29, 0.717) is 12.8 Å². The van der Waals surface area contributed by atoms with Crippen molar-refractivity contribution in [2.75, 3.05) is 7.11 Å². The van der Waals surface area contributed by atoms with E-state index in [1.54, 1.807) is 20.8 Å². The first kappa shape index (κ1) is 42.3. The number of benzene rings is 2. The topological polar surface area (TPSA) is 149 Å². The summed E-state index contributed by atoms with van der Waals surface area (Å²) in [7, 11) is -1.35. The molecule has 2 rings (SSSR count). The highest BCUT2D eigenvalue weighted by molar-refractivity contribution is 6.74. The lowest BCUT2D eigenvalue weighted by Crippen LogP contribution is -2.67. The molecule has 2 aromatic rings. The van der Waals surface area contributed by atoms with E-state index < -0.39 is 62.3 Å². The second kappa shape index (κ2) is 18.4. The van der Waals surface area contributed by atoms with Gasteiger partial charge in [-0.25, -0.2) is 14.4 Å². The fourth-order valence-corrected chi connectivity index (χ4v) is 6.71. The normalized spacial score (nSPS) is 14.6. The minimum absolute atomic E-state index is 0.0435. The SMILES string of the molecule is COC(=O)[C@H](Cc1ccccc1)N(C(=O)[C@H](CC(C)C)NC(N)=O)C(NC(=O)OC(C)(C)C)[C@H](CCc1ccccc1)O[Si](C)(C)C(C)(C)C. The summed E-state index contributed by atoms with van der Waals surface area (Å²) in [4.78, 5) is 56.3. The van der Waals surface area contributed by atoms with Gasteiger partial charge in [-0.05, 0) is 75.2 Å². The second-order valence-corrected chi connectivity index (χ2v) is 20.5. The van der Waals surface area contributed by atoms with Crippen LogP contribution in [0.25, 0.3) is 0 Å². The third-order valence-corrected chi connectivity index (χ3v) is 13.3. The Morgan fingerprint density at radius 2 is 1.40 bits per heavy atom. The van der Waals surface area contributed by atoms with Crippen LogP contribution in [0.2, 0.25) is 18.1 Å². The lowest BCUT2D eigenvalue weighted by molar-refractivity contribution is -0.159. The number of primary amides is 1. The molecule has 0 saturated heterocycles. The Morgan fingerprint density at radius 1 is 0.860 bits per heavy atom. The number of alkyl carbamates (subject to hydrolysis) is 1. The van der Waals surface area contributed by atoms with E-state index in [1.165, 1.54) is 12.0 Å². The smallest absolute Gasteiger partial charge is 0.409 e. The van der Waals surface area contributed by atoms with Gasteiger partial charge in [-0.3, -0.25) is 10.1 Å². The van der Waals surface area contributed by atoms with Crippen LogP contribution in [0.4, 0.5) is 9.59 Å². The van der Waals surface area contributed by atoms with Crippen molar-refractivity contribution in [3.05, 3.63) is 71.8 Å². The zero-order chi connectivity index (χ0) is 37.9. The molecule has 4 N–H and O–H groups in total. The number of amides is 4. The monoisotopic (exact) mass is 712 g/mol. The summed E-state index contributed by atoms with van der Waals surface area (Å²) in [6, 6.07) is 15.8. The van der Waals surface area contributed by atoms with Crippen molar-refractivity contribution in [3.8, 4) is 0 Å². The predicted molar refractivity (Wildman–Crippen MR) is 199 cm³/mol. The summed E-state index contributed by atoms with van der Waals surface area (Å²) in [5.74, 6) is -1.36. The Balaban J connectivity index is 2.95. The molecule has 0 aromatic heterocycles. The quantitative estimate of drug-likeness (QED) is 0.101. The zero-order valence-corrected chi connectivity index (χ0v) is 32.9. The minimum Gasteiger partial charge on any atom is -0.467 e. The molecule has 1 unspecified atom stereocenters. The molecule has 50 heavy (non-hydrogen) atoms. The molecule has 0 heterocycles.